The number of hydrogen-bond donors (Lipinski definition) is 1. The van der Waals surface area contributed by atoms with Crippen molar-refractivity contribution >= 4 is 0 Å². The molecule has 25 heavy (non-hydrogen) atoms. The van der Waals surface area contributed by atoms with Crippen LogP contribution in [0.4, 0.5) is 13.2 Å². The second-order valence-electron chi connectivity index (χ2n) is 6.29. The minimum Gasteiger partial charge on any atom is -0.460 e. The minimum atomic E-state index is -4.34. The van der Waals surface area contributed by atoms with Gasteiger partial charge in [-0.25, -0.2) is 0 Å². The first-order valence-corrected chi connectivity index (χ1v) is 8.98. The molecule has 0 aliphatic carbocycles. The van der Waals surface area contributed by atoms with E-state index in [9.17, 15) is 13.2 Å². The number of halogens is 3. The molecule has 0 atom stereocenters. The van der Waals surface area contributed by atoms with Gasteiger partial charge in [-0.15, -0.1) is 0 Å². The van der Waals surface area contributed by atoms with Gasteiger partial charge in [0.05, 0.1) is 12.1 Å². The van der Waals surface area contributed by atoms with E-state index in [2.05, 4.69) is 12.2 Å². The third-order valence-corrected chi connectivity index (χ3v) is 4.14. The molecule has 1 aromatic carbocycles. The highest BCUT2D eigenvalue weighted by Crippen LogP contribution is 2.32. The van der Waals surface area contributed by atoms with Gasteiger partial charge in [0.25, 0.3) is 0 Å². The minimum absolute atomic E-state index is 0.442. The number of benzene rings is 1. The molecule has 0 spiro atoms. The van der Waals surface area contributed by atoms with Crippen LogP contribution in [0.2, 0.25) is 0 Å². The molecule has 1 heterocycles. The molecule has 0 unspecified atom stereocenters. The van der Waals surface area contributed by atoms with Gasteiger partial charge in [0.1, 0.15) is 11.5 Å². The molecule has 0 saturated heterocycles. The molecule has 2 aromatic rings. The Morgan fingerprint density at radius 1 is 0.960 bits per heavy atom. The lowest BCUT2D eigenvalue weighted by Gasteiger charge is -2.07. The maximum absolute atomic E-state index is 12.8. The Hall–Kier alpha value is -1.75. The molecule has 0 aliphatic heterocycles. The van der Waals surface area contributed by atoms with Gasteiger partial charge in [0.15, 0.2) is 0 Å². The average molecular weight is 353 g/mol. The van der Waals surface area contributed by atoms with Crippen molar-refractivity contribution in [1.29, 1.82) is 0 Å². The monoisotopic (exact) mass is 353 g/mol. The second-order valence-corrected chi connectivity index (χ2v) is 6.29. The van der Waals surface area contributed by atoms with Crippen molar-refractivity contribution in [3.63, 3.8) is 0 Å². The Balaban J connectivity index is 1.79. The van der Waals surface area contributed by atoms with Crippen molar-refractivity contribution in [2.24, 2.45) is 0 Å². The van der Waals surface area contributed by atoms with E-state index in [1.54, 1.807) is 12.1 Å². The summed E-state index contributed by atoms with van der Waals surface area (Å²) < 4.78 is 44.0. The Labute approximate surface area is 147 Å². The molecule has 5 heteroatoms. The van der Waals surface area contributed by atoms with Gasteiger partial charge >= 0.3 is 6.18 Å². The van der Waals surface area contributed by atoms with Crippen LogP contribution in [-0.2, 0) is 12.7 Å². The Morgan fingerprint density at radius 2 is 1.72 bits per heavy atom. The van der Waals surface area contributed by atoms with E-state index in [0.717, 1.165) is 30.9 Å². The maximum Gasteiger partial charge on any atom is 0.416 e. The number of unbranched alkanes of at least 4 members (excludes halogenated alkanes) is 5. The van der Waals surface area contributed by atoms with Crippen LogP contribution in [0.25, 0.3) is 11.3 Å². The molecule has 0 radical (unpaired) electrons. The van der Waals surface area contributed by atoms with E-state index < -0.39 is 11.7 Å². The van der Waals surface area contributed by atoms with Crippen LogP contribution in [0.5, 0.6) is 0 Å². The van der Waals surface area contributed by atoms with Crippen molar-refractivity contribution in [2.45, 2.75) is 58.2 Å². The van der Waals surface area contributed by atoms with Crippen LogP contribution in [0.3, 0.4) is 0 Å². The Morgan fingerprint density at radius 3 is 2.48 bits per heavy atom. The highest BCUT2D eigenvalue weighted by Gasteiger charge is 2.30. The van der Waals surface area contributed by atoms with Crippen molar-refractivity contribution in [2.75, 3.05) is 6.54 Å². The predicted octanol–water partition coefficient (Wildman–Crippen LogP) is 6.42. The fraction of sp³-hybridized carbons (Fsp3) is 0.500. The summed E-state index contributed by atoms with van der Waals surface area (Å²) in [5.41, 5.74) is -0.221. The van der Waals surface area contributed by atoms with Gasteiger partial charge in [0.2, 0.25) is 0 Å². The summed E-state index contributed by atoms with van der Waals surface area (Å²) in [5, 5.41) is 3.32. The average Bonchev–Trinajstić information content (AvgIpc) is 3.05. The molecule has 2 rings (SSSR count). The largest absolute Gasteiger partial charge is 0.460 e. The molecular weight excluding hydrogens is 327 g/mol. The van der Waals surface area contributed by atoms with E-state index in [1.165, 1.54) is 38.2 Å². The second kappa shape index (κ2) is 9.66. The SMILES string of the molecule is CCCCCCCCNCc1ccc(-c2cccc(C(F)(F)F)c2)o1. The molecule has 2 nitrogen and oxygen atoms in total. The summed E-state index contributed by atoms with van der Waals surface area (Å²) in [6, 6.07) is 8.74. The standard InChI is InChI=1S/C20H26F3NO/c1-2-3-4-5-6-7-13-24-15-18-11-12-19(25-18)16-9-8-10-17(14-16)20(21,22)23/h8-12,14,24H,2-7,13,15H2,1H3. The zero-order valence-corrected chi connectivity index (χ0v) is 14.7. The first-order valence-electron chi connectivity index (χ1n) is 8.98. The number of furan rings is 1. The van der Waals surface area contributed by atoms with Crippen LogP contribution in [0.1, 0.15) is 56.8 Å². The molecule has 0 aliphatic rings. The van der Waals surface area contributed by atoms with Gasteiger partial charge in [-0.05, 0) is 37.2 Å². The van der Waals surface area contributed by atoms with Gasteiger partial charge in [0, 0.05) is 5.56 Å². The zero-order chi connectivity index (χ0) is 18.1. The van der Waals surface area contributed by atoms with Crippen LogP contribution in [-0.4, -0.2) is 6.54 Å². The summed E-state index contributed by atoms with van der Waals surface area (Å²) in [7, 11) is 0. The van der Waals surface area contributed by atoms with Gasteiger partial charge in [-0.3, -0.25) is 0 Å². The number of nitrogens with one attached hydrogen (secondary N) is 1. The summed E-state index contributed by atoms with van der Waals surface area (Å²) in [4.78, 5) is 0. The van der Waals surface area contributed by atoms with E-state index in [-0.39, 0.29) is 0 Å². The van der Waals surface area contributed by atoms with Crippen LogP contribution >= 0.6 is 0 Å². The smallest absolute Gasteiger partial charge is 0.416 e. The van der Waals surface area contributed by atoms with Crippen molar-refractivity contribution < 1.29 is 17.6 Å². The normalized spacial score (nSPS) is 11.8. The number of alkyl halides is 3. The predicted molar refractivity (Wildman–Crippen MR) is 94.2 cm³/mol. The Kier molecular flexibility index (Phi) is 7.56. The molecule has 1 aromatic heterocycles. The molecule has 0 saturated carbocycles. The highest BCUT2D eigenvalue weighted by atomic mass is 19.4. The van der Waals surface area contributed by atoms with Crippen LogP contribution < -0.4 is 5.32 Å². The van der Waals surface area contributed by atoms with Gasteiger partial charge in [-0.1, -0.05) is 51.2 Å². The molecular formula is C20H26F3NO. The summed E-state index contributed by atoms with van der Waals surface area (Å²) in [5.74, 6) is 1.20. The van der Waals surface area contributed by atoms with Crippen LogP contribution in [0.15, 0.2) is 40.8 Å². The lowest BCUT2D eigenvalue weighted by molar-refractivity contribution is -0.137. The first kappa shape index (κ1) is 19.6. The van der Waals surface area contributed by atoms with E-state index >= 15 is 0 Å². The lowest BCUT2D eigenvalue weighted by atomic mass is 10.1. The molecule has 0 amide bonds. The Bertz CT molecular complexity index is 634. The third-order valence-electron chi connectivity index (χ3n) is 4.14. The fourth-order valence-corrected chi connectivity index (χ4v) is 2.72. The number of hydrogen-bond acceptors (Lipinski definition) is 2. The summed E-state index contributed by atoms with van der Waals surface area (Å²) >= 11 is 0. The molecule has 1 N–H and O–H groups in total. The van der Waals surface area contributed by atoms with Crippen LogP contribution in [0, 0.1) is 0 Å². The highest BCUT2D eigenvalue weighted by molar-refractivity contribution is 5.58. The maximum atomic E-state index is 12.8. The molecule has 138 valence electrons. The van der Waals surface area contributed by atoms with E-state index in [1.807, 2.05) is 6.07 Å². The lowest BCUT2D eigenvalue weighted by Crippen LogP contribution is -2.14. The quantitative estimate of drug-likeness (QED) is 0.499. The first-order chi connectivity index (χ1) is 12.0. The van der Waals surface area contributed by atoms with Gasteiger partial charge < -0.3 is 9.73 Å². The summed E-state index contributed by atoms with van der Waals surface area (Å²) in [6.45, 7) is 3.72. The van der Waals surface area contributed by atoms with Gasteiger partial charge in [-0.2, -0.15) is 13.2 Å². The third kappa shape index (κ3) is 6.58. The van der Waals surface area contributed by atoms with E-state index in [4.69, 9.17) is 4.42 Å². The van der Waals surface area contributed by atoms with Crippen molar-refractivity contribution in [3.05, 3.63) is 47.7 Å². The van der Waals surface area contributed by atoms with Crippen molar-refractivity contribution in [1.82, 2.24) is 5.32 Å². The van der Waals surface area contributed by atoms with Crippen molar-refractivity contribution in [3.8, 4) is 11.3 Å². The topological polar surface area (TPSA) is 25.2 Å². The summed E-state index contributed by atoms with van der Waals surface area (Å²) in [6.07, 6.45) is 3.14. The molecule has 0 bridgehead atoms. The zero-order valence-electron chi connectivity index (χ0n) is 14.7. The van der Waals surface area contributed by atoms with E-state index in [0.29, 0.717) is 17.9 Å². The molecule has 0 fully saturated rings. The fourth-order valence-electron chi connectivity index (χ4n) is 2.72. The number of rotatable bonds is 10.